The molecule has 1 atom stereocenters. The molecule has 0 saturated carbocycles. The van der Waals surface area contributed by atoms with Crippen molar-refractivity contribution in [2.75, 3.05) is 6.54 Å². The molecule has 0 fully saturated rings. The first-order valence-corrected chi connectivity index (χ1v) is 7.54. The first kappa shape index (κ1) is 16.0. The van der Waals surface area contributed by atoms with Crippen LogP contribution in [0.3, 0.4) is 0 Å². The van der Waals surface area contributed by atoms with Crippen LogP contribution in [0.5, 0.6) is 0 Å². The average molecular weight is 393 g/mol. The van der Waals surface area contributed by atoms with Crippen molar-refractivity contribution in [1.29, 1.82) is 0 Å². The van der Waals surface area contributed by atoms with Crippen molar-refractivity contribution in [3.8, 4) is 0 Å². The van der Waals surface area contributed by atoms with Crippen LogP contribution in [0.15, 0.2) is 16.9 Å². The second kappa shape index (κ2) is 5.62. The lowest BCUT2D eigenvalue weighted by atomic mass is 10.2. The van der Waals surface area contributed by atoms with Gasteiger partial charge in [0.1, 0.15) is 6.04 Å². The van der Waals surface area contributed by atoms with Crippen molar-refractivity contribution < 1.29 is 18.0 Å². The molecule has 3 rings (SSSR count). The van der Waals surface area contributed by atoms with Gasteiger partial charge in [0.25, 0.3) is 0 Å². The number of nitrogens with zero attached hydrogens (tertiary/aromatic N) is 6. The van der Waals surface area contributed by atoms with Gasteiger partial charge in [-0.25, -0.2) is 0 Å². The second-order valence-corrected chi connectivity index (χ2v) is 6.08. The van der Waals surface area contributed by atoms with Gasteiger partial charge in [-0.2, -0.15) is 18.3 Å². The Morgan fingerprint density at radius 2 is 2.09 bits per heavy atom. The Hall–Kier alpha value is -1.91. The lowest BCUT2D eigenvalue weighted by Gasteiger charge is -2.30. The van der Waals surface area contributed by atoms with E-state index in [4.69, 9.17) is 0 Å². The zero-order valence-electron chi connectivity index (χ0n) is 12.0. The number of carbonyl (C=O) groups excluding carboxylic acids is 1. The molecule has 0 aliphatic carbocycles. The molecule has 2 aromatic rings. The molecule has 3 heterocycles. The van der Waals surface area contributed by atoms with Crippen LogP contribution in [0.1, 0.15) is 24.6 Å². The summed E-state index contributed by atoms with van der Waals surface area (Å²) in [6, 6.07) is -0.558. The zero-order valence-corrected chi connectivity index (χ0v) is 13.5. The summed E-state index contributed by atoms with van der Waals surface area (Å²) in [5.74, 6) is -1.13. The average Bonchev–Trinajstić information content (AvgIpc) is 3.10. The number of hydrogen-bond acceptors (Lipinski definition) is 4. The number of halogens is 4. The van der Waals surface area contributed by atoms with Crippen molar-refractivity contribution in [3.05, 3.63) is 28.5 Å². The Bertz CT molecular complexity index is 739. The summed E-state index contributed by atoms with van der Waals surface area (Å²) in [5.41, 5.74) is 0. The molecule has 11 heteroatoms. The van der Waals surface area contributed by atoms with Crippen molar-refractivity contribution >= 4 is 21.8 Å². The first-order chi connectivity index (χ1) is 10.8. The maximum Gasteiger partial charge on any atom is 0.451 e. The van der Waals surface area contributed by atoms with Gasteiger partial charge in [-0.05, 0) is 22.9 Å². The molecule has 2 aromatic heterocycles. The summed E-state index contributed by atoms with van der Waals surface area (Å²) in [7, 11) is 0. The fourth-order valence-corrected chi connectivity index (χ4v) is 2.76. The Labute approximate surface area is 137 Å². The van der Waals surface area contributed by atoms with Crippen LogP contribution < -0.4 is 0 Å². The normalized spacial score (nSPS) is 16.3. The summed E-state index contributed by atoms with van der Waals surface area (Å²) in [4.78, 5) is 14.0. The van der Waals surface area contributed by atoms with E-state index < -0.39 is 18.0 Å². The van der Waals surface area contributed by atoms with E-state index in [1.807, 2.05) is 0 Å². The predicted octanol–water partition coefficient (Wildman–Crippen LogP) is 1.86. The Balaban J connectivity index is 1.77. The molecule has 0 aromatic carbocycles. The molecule has 23 heavy (non-hydrogen) atoms. The highest BCUT2D eigenvalue weighted by atomic mass is 79.9. The van der Waals surface area contributed by atoms with Crippen LogP contribution in [-0.4, -0.2) is 41.9 Å². The maximum absolute atomic E-state index is 12.8. The third-order valence-electron chi connectivity index (χ3n) is 3.64. The van der Waals surface area contributed by atoms with Gasteiger partial charge in [-0.15, -0.1) is 10.2 Å². The van der Waals surface area contributed by atoms with Gasteiger partial charge in [0.2, 0.25) is 11.7 Å². The fraction of sp³-hybridized carbons (Fsp3) is 0.500. The molecular weight excluding hydrogens is 381 g/mol. The third kappa shape index (κ3) is 2.96. The Morgan fingerprint density at radius 3 is 2.70 bits per heavy atom. The van der Waals surface area contributed by atoms with E-state index in [1.165, 1.54) is 9.58 Å². The van der Waals surface area contributed by atoms with Crippen molar-refractivity contribution in [2.45, 2.75) is 32.2 Å². The zero-order chi connectivity index (χ0) is 16.8. The minimum absolute atomic E-state index is 0.00527. The molecule has 7 nitrogen and oxygen atoms in total. The first-order valence-electron chi connectivity index (χ1n) is 6.75. The van der Waals surface area contributed by atoms with Gasteiger partial charge >= 0.3 is 6.18 Å². The number of amides is 1. The van der Waals surface area contributed by atoms with E-state index in [2.05, 4.69) is 31.2 Å². The van der Waals surface area contributed by atoms with E-state index in [0.717, 1.165) is 9.04 Å². The van der Waals surface area contributed by atoms with E-state index in [9.17, 15) is 18.0 Å². The summed E-state index contributed by atoms with van der Waals surface area (Å²) < 4.78 is 41.6. The maximum atomic E-state index is 12.8. The Morgan fingerprint density at radius 1 is 1.35 bits per heavy atom. The standard InChI is InChI=1S/C12H12BrF3N6O/c1-7(22-5-8(13)4-17-22)10(23)20-2-3-21-9(6-20)18-19-11(21)12(14,15)16/h4-5,7H,2-3,6H2,1H3. The van der Waals surface area contributed by atoms with E-state index in [1.54, 1.807) is 19.3 Å². The van der Waals surface area contributed by atoms with Gasteiger partial charge in [-0.3, -0.25) is 9.48 Å². The predicted molar refractivity (Wildman–Crippen MR) is 75.1 cm³/mol. The molecule has 1 aliphatic rings. The number of hydrogen-bond donors (Lipinski definition) is 0. The topological polar surface area (TPSA) is 68.8 Å². The highest BCUT2D eigenvalue weighted by Gasteiger charge is 2.40. The fourth-order valence-electron chi connectivity index (χ4n) is 2.46. The number of alkyl halides is 3. The smallest absolute Gasteiger partial charge is 0.332 e. The van der Waals surface area contributed by atoms with Gasteiger partial charge < -0.3 is 9.47 Å². The summed E-state index contributed by atoms with van der Waals surface area (Å²) in [6.07, 6.45) is -1.32. The molecule has 1 amide bonds. The van der Waals surface area contributed by atoms with Crippen LogP contribution in [0, 0.1) is 0 Å². The molecule has 0 bridgehead atoms. The monoisotopic (exact) mass is 392 g/mol. The third-order valence-corrected chi connectivity index (χ3v) is 4.05. The largest absolute Gasteiger partial charge is 0.451 e. The van der Waals surface area contributed by atoms with Crippen molar-refractivity contribution in [2.24, 2.45) is 0 Å². The molecule has 1 aliphatic heterocycles. The van der Waals surface area contributed by atoms with Gasteiger partial charge in [0, 0.05) is 19.3 Å². The SMILES string of the molecule is CC(C(=O)N1CCn2c(nnc2C(F)(F)F)C1)n1cc(Br)cn1. The minimum atomic E-state index is -4.55. The van der Waals surface area contributed by atoms with E-state index >= 15 is 0 Å². The lowest BCUT2D eigenvalue weighted by Crippen LogP contribution is -2.42. The second-order valence-electron chi connectivity index (χ2n) is 5.16. The molecule has 0 saturated heterocycles. The van der Waals surface area contributed by atoms with Gasteiger partial charge in [-0.1, -0.05) is 0 Å². The highest BCUT2D eigenvalue weighted by molar-refractivity contribution is 9.10. The molecular formula is C12H12BrF3N6O. The van der Waals surface area contributed by atoms with E-state index in [-0.39, 0.29) is 31.4 Å². The summed E-state index contributed by atoms with van der Waals surface area (Å²) >= 11 is 3.25. The van der Waals surface area contributed by atoms with Crippen LogP contribution in [0.2, 0.25) is 0 Å². The quantitative estimate of drug-likeness (QED) is 0.781. The molecule has 0 radical (unpaired) electrons. The number of rotatable bonds is 2. The lowest BCUT2D eigenvalue weighted by molar-refractivity contribution is -0.148. The van der Waals surface area contributed by atoms with Crippen LogP contribution in [-0.2, 0) is 24.1 Å². The van der Waals surface area contributed by atoms with Crippen molar-refractivity contribution in [1.82, 2.24) is 29.4 Å². The number of fused-ring (bicyclic) bond motifs is 1. The molecule has 1 unspecified atom stereocenters. The summed E-state index contributed by atoms with van der Waals surface area (Å²) in [6.45, 7) is 1.86. The number of carbonyl (C=O) groups is 1. The summed E-state index contributed by atoms with van der Waals surface area (Å²) in [5, 5.41) is 10.8. The molecule has 0 spiro atoms. The Kier molecular flexibility index (Phi) is 3.90. The van der Waals surface area contributed by atoms with Gasteiger partial charge in [0.15, 0.2) is 5.82 Å². The minimum Gasteiger partial charge on any atom is -0.332 e. The van der Waals surface area contributed by atoms with Gasteiger partial charge in [0.05, 0.1) is 17.2 Å². The highest BCUT2D eigenvalue weighted by Crippen LogP contribution is 2.29. The van der Waals surface area contributed by atoms with Crippen molar-refractivity contribution in [3.63, 3.8) is 0 Å². The van der Waals surface area contributed by atoms with Crippen LogP contribution in [0.4, 0.5) is 13.2 Å². The van der Waals surface area contributed by atoms with E-state index in [0.29, 0.717) is 0 Å². The number of aromatic nitrogens is 5. The van der Waals surface area contributed by atoms with Crippen LogP contribution in [0.25, 0.3) is 0 Å². The van der Waals surface area contributed by atoms with Crippen LogP contribution >= 0.6 is 15.9 Å². The molecule has 124 valence electrons. The molecule has 0 N–H and O–H groups in total.